The predicted octanol–water partition coefficient (Wildman–Crippen LogP) is 1.74. The first-order chi connectivity index (χ1) is 18.2. The van der Waals surface area contributed by atoms with Gasteiger partial charge in [0.15, 0.2) is 41.6 Å². The number of halogens is 1. The first-order valence-electron chi connectivity index (χ1n) is 11.5. The van der Waals surface area contributed by atoms with Crippen LogP contribution < -0.4 is 5.32 Å². The lowest BCUT2D eigenvalue weighted by atomic mass is 9.98. The highest BCUT2D eigenvalue weighted by molar-refractivity contribution is 6.06. The third-order valence-electron chi connectivity index (χ3n) is 5.55. The van der Waals surface area contributed by atoms with Gasteiger partial charge in [-0.25, -0.2) is 19.3 Å². The van der Waals surface area contributed by atoms with Crippen LogP contribution in [0.2, 0.25) is 0 Å². The maximum Gasteiger partial charge on any atom is 0.303 e. The Hall–Kier alpha value is -4.46. The van der Waals surface area contributed by atoms with Crippen molar-refractivity contribution < 1.29 is 42.5 Å². The summed E-state index contributed by atoms with van der Waals surface area (Å²) in [4.78, 5) is 60.1. The van der Waals surface area contributed by atoms with E-state index in [4.69, 9.17) is 18.9 Å². The highest BCUT2D eigenvalue weighted by Gasteiger charge is 2.51. The number of fused-ring (bicyclic) bond motifs is 1. The Morgan fingerprint density at radius 1 is 0.974 bits per heavy atom. The molecule has 0 bridgehead atoms. The Morgan fingerprint density at radius 2 is 1.66 bits per heavy atom. The van der Waals surface area contributed by atoms with Crippen molar-refractivity contribution in [3.8, 4) is 0 Å². The SMILES string of the molecule is CC(=O)OC[C@H]1O[C@@H](n2cnc3c(NC(=O)c4ccccc4)ncnc32)[C@H](OC(C)=O)[C@@H](F)[C@@H]1OC(C)=O. The van der Waals surface area contributed by atoms with Crippen molar-refractivity contribution in [1.82, 2.24) is 19.5 Å². The highest BCUT2D eigenvalue weighted by Crippen LogP contribution is 2.36. The summed E-state index contributed by atoms with van der Waals surface area (Å²) in [5, 5.41) is 2.66. The number of amides is 1. The molecule has 1 N–H and O–H groups in total. The molecule has 0 spiro atoms. The Labute approximate surface area is 215 Å². The molecule has 0 radical (unpaired) electrons. The molecule has 13 nitrogen and oxygen atoms in total. The van der Waals surface area contributed by atoms with Crippen molar-refractivity contribution >= 4 is 40.8 Å². The van der Waals surface area contributed by atoms with Crippen molar-refractivity contribution in [2.45, 2.75) is 51.5 Å². The molecular formula is C24H24FN5O8. The first-order valence-corrected chi connectivity index (χ1v) is 11.5. The van der Waals surface area contributed by atoms with Gasteiger partial charge in [0.25, 0.3) is 5.91 Å². The molecule has 3 heterocycles. The molecule has 1 aromatic carbocycles. The van der Waals surface area contributed by atoms with Gasteiger partial charge in [0, 0.05) is 26.3 Å². The molecule has 14 heteroatoms. The van der Waals surface area contributed by atoms with Crippen molar-refractivity contribution in [2.24, 2.45) is 0 Å². The molecule has 5 atom stereocenters. The number of nitrogens with zero attached hydrogens (tertiary/aromatic N) is 4. The minimum Gasteiger partial charge on any atom is -0.463 e. The first kappa shape index (κ1) is 26.6. The number of imidazole rings is 1. The number of ether oxygens (including phenoxy) is 4. The maximum absolute atomic E-state index is 15.8. The number of alkyl halides is 1. The zero-order chi connectivity index (χ0) is 27.4. The summed E-state index contributed by atoms with van der Waals surface area (Å²) >= 11 is 0. The van der Waals surface area contributed by atoms with Crippen LogP contribution in [0.5, 0.6) is 0 Å². The number of anilines is 1. The number of carbonyl (C=O) groups excluding carboxylic acids is 4. The second-order valence-corrected chi connectivity index (χ2v) is 8.33. The minimum atomic E-state index is -2.07. The molecule has 2 aromatic heterocycles. The fraction of sp³-hybridized carbons (Fsp3) is 0.375. The summed E-state index contributed by atoms with van der Waals surface area (Å²) in [5.41, 5.74) is 0.653. The summed E-state index contributed by atoms with van der Waals surface area (Å²) in [7, 11) is 0. The molecule has 1 amide bonds. The van der Waals surface area contributed by atoms with E-state index in [-0.39, 0.29) is 17.0 Å². The minimum absolute atomic E-state index is 0.0773. The number of hydrogen-bond donors (Lipinski definition) is 1. The number of aromatic nitrogens is 4. The van der Waals surface area contributed by atoms with E-state index >= 15 is 4.39 Å². The van der Waals surface area contributed by atoms with Gasteiger partial charge in [0.05, 0.1) is 6.33 Å². The van der Waals surface area contributed by atoms with Gasteiger partial charge in [-0.3, -0.25) is 23.7 Å². The van der Waals surface area contributed by atoms with Gasteiger partial charge in [-0.2, -0.15) is 0 Å². The molecule has 4 rings (SSSR count). The lowest BCUT2D eigenvalue weighted by Gasteiger charge is -2.42. The van der Waals surface area contributed by atoms with E-state index in [2.05, 4.69) is 20.3 Å². The summed E-state index contributed by atoms with van der Waals surface area (Å²) in [6.45, 7) is 2.87. The topological polar surface area (TPSA) is 161 Å². The van der Waals surface area contributed by atoms with Crippen LogP contribution >= 0.6 is 0 Å². The third kappa shape index (κ3) is 5.75. The molecule has 1 saturated heterocycles. The summed E-state index contributed by atoms with van der Waals surface area (Å²) in [5.74, 6) is -2.66. The Balaban J connectivity index is 1.71. The molecule has 38 heavy (non-hydrogen) atoms. The van der Waals surface area contributed by atoms with Crippen LogP contribution in [0.4, 0.5) is 10.2 Å². The molecule has 200 valence electrons. The number of hydrogen-bond acceptors (Lipinski definition) is 11. The van der Waals surface area contributed by atoms with E-state index in [9.17, 15) is 19.2 Å². The van der Waals surface area contributed by atoms with Crippen molar-refractivity contribution in [1.29, 1.82) is 0 Å². The summed E-state index contributed by atoms with van der Waals surface area (Å²) < 4.78 is 38.4. The monoisotopic (exact) mass is 529 g/mol. The van der Waals surface area contributed by atoms with Crippen LogP contribution in [0, 0.1) is 0 Å². The van der Waals surface area contributed by atoms with E-state index in [1.807, 2.05) is 0 Å². The predicted molar refractivity (Wildman–Crippen MR) is 126 cm³/mol. The van der Waals surface area contributed by atoms with Crippen molar-refractivity contribution in [3.05, 3.63) is 48.5 Å². The lowest BCUT2D eigenvalue weighted by Crippen LogP contribution is -2.57. The molecule has 3 aromatic rings. The second kappa shape index (κ2) is 11.3. The Morgan fingerprint density at radius 3 is 2.32 bits per heavy atom. The number of rotatable bonds is 7. The summed E-state index contributed by atoms with van der Waals surface area (Å²) in [6.07, 6.45) is -5.42. The van der Waals surface area contributed by atoms with Gasteiger partial charge < -0.3 is 24.3 Å². The van der Waals surface area contributed by atoms with Gasteiger partial charge in [0.2, 0.25) is 0 Å². The fourth-order valence-corrected chi connectivity index (χ4v) is 3.99. The molecule has 0 aliphatic carbocycles. The van der Waals surface area contributed by atoms with E-state index in [1.54, 1.807) is 30.3 Å². The molecule has 1 aliphatic heterocycles. The largest absolute Gasteiger partial charge is 0.463 e. The normalized spacial score (nSPS) is 22.9. The number of esters is 3. The molecule has 0 saturated carbocycles. The fourth-order valence-electron chi connectivity index (χ4n) is 3.99. The van der Waals surface area contributed by atoms with Gasteiger partial charge in [-0.15, -0.1) is 0 Å². The zero-order valence-corrected chi connectivity index (χ0v) is 20.6. The van der Waals surface area contributed by atoms with Gasteiger partial charge in [-0.1, -0.05) is 18.2 Å². The third-order valence-corrected chi connectivity index (χ3v) is 5.55. The Bertz CT molecular complexity index is 1350. The van der Waals surface area contributed by atoms with Crippen LogP contribution in [0.3, 0.4) is 0 Å². The van der Waals surface area contributed by atoms with Gasteiger partial charge >= 0.3 is 17.9 Å². The van der Waals surface area contributed by atoms with Gasteiger partial charge in [0.1, 0.15) is 19.0 Å². The highest BCUT2D eigenvalue weighted by atomic mass is 19.1. The Kier molecular flexibility index (Phi) is 7.90. The second-order valence-electron chi connectivity index (χ2n) is 8.33. The van der Waals surface area contributed by atoms with Crippen LogP contribution in [-0.2, 0) is 33.3 Å². The van der Waals surface area contributed by atoms with Crippen LogP contribution in [0.15, 0.2) is 43.0 Å². The standard InChI is InChI=1S/C24H24FN5O8/c1-12(31)35-9-16-19(36-13(2)32)17(25)20(37-14(3)33)24(38-16)30-11-28-18-21(26-10-27-22(18)30)29-23(34)15-7-5-4-6-8-15/h4-8,10-11,16-17,19-20,24H,9H2,1-3H3,(H,26,27,29,34)/t16-,17+,19-,20-,24-/m1/s1. The molecule has 0 unspecified atom stereocenters. The molecule has 1 fully saturated rings. The van der Waals surface area contributed by atoms with E-state index < -0.39 is 61.1 Å². The van der Waals surface area contributed by atoms with E-state index in [0.717, 1.165) is 27.1 Å². The number of benzene rings is 1. The van der Waals surface area contributed by atoms with Crippen molar-refractivity contribution in [3.63, 3.8) is 0 Å². The lowest BCUT2D eigenvalue weighted by molar-refractivity contribution is -0.250. The molecule has 1 aliphatic rings. The quantitative estimate of drug-likeness (QED) is 0.351. The van der Waals surface area contributed by atoms with Crippen LogP contribution in [0.25, 0.3) is 11.2 Å². The molecular weight excluding hydrogens is 505 g/mol. The van der Waals surface area contributed by atoms with Crippen LogP contribution in [-0.4, -0.2) is 74.4 Å². The van der Waals surface area contributed by atoms with Gasteiger partial charge in [-0.05, 0) is 12.1 Å². The summed E-state index contributed by atoms with van der Waals surface area (Å²) in [6, 6.07) is 8.42. The maximum atomic E-state index is 15.8. The zero-order valence-electron chi connectivity index (χ0n) is 20.6. The van der Waals surface area contributed by atoms with Crippen LogP contribution in [0.1, 0.15) is 37.4 Å². The smallest absolute Gasteiger partial charge is 0.303 e. The number of carbonyl (C=O) groups is 4. The number of nitrogens with one attached hydrogen (secondary N) is 1. The average molecular weight is 529 g/mol. The van der Waals surface area contributed by atoms with Crippen molar-refractivity contribution in [2.75, 3.05) is 11.9 Å². The van der Waals surface area contributed by atoms with E-state index in [0.29, 0.717) is 5.56 Å². The average Bonchev–Trinajstić information content (AvgIpc) is 3.31. The van der Waals surface area contributed by atoms with E-state index in [1.165, 1.54) is 10.9 Å².